The molecule has 5 atom stereocenters. The fraction of sp³-hybridized carbons (Fsp3) is 0.312. The second-order valence-electron chi connectivity index (χ2n) is 10.9. The van der Waals surface area contributed by atoms with Gasteiger partial charge >= 0.3 is 5.97 Å². The molecule has 3 aromatic rings. The number of fused-ring (bicyclic) bond motifs is 5. The maximum atomic E-state index is 13.6. The quantitative estimate of drug-likeness (QED) is 0.362. The van der Waals surface area contributed by atoms with E-state index in [0.29, 0.717) is 11.4 Å². The van der Waals surface area contributed by atoms with E-state index in [1.54, 1.807) is 24.3 Å². The number of rotatable bonds is 6. The van der Waals surface area contributed by atoms with Crippen molar-refractivity contribution in [2.24, 2.45) is 23.7 Å². The zero-order valence-electron chi connectivity index (χ0n) is 21.9. The van der Waals surface area contributed by atoms with Crippen LogP contribution >= 0.6 is 0 Å². The molecule has 0 spiro atoms. The Morgan fingerprint density at radius 1 is 0.897 bits per heavy atom. The Balaban J connectivity index is 1.14. The highest BCUT2D eigenvalue weighted by Gasteiger charge is 2.64. The van der Waals surface area contributed by atoms with Gasteiger partial charge in [0.1, 0.15) is 0 Å². The van der Waals surface area contributed by atoms with Gasteiger partial charge in [-0.3, -0.25) is 19.3 Å². The third-order valence-electron chi connectivity index (χ3n) is 8.80. The van der Waals surface area contributed by atoms with Crippen molar-refractivity contribution in [3.05, 3.63) is 95.1 Å². The molecule has 1 saturated heterocycles. The van der Waals surface area contributed by atoms with Crippen LogP contribution in [0.3, 0.4) is 0 Å². The average molecular weight is 523 g/mol. The molecule has 2 bridgehead atoms. The molecule has 0 unspecified atom stereocenters. The van der Waals surface area contributed by atoms with Crippen LogP contribution in [0.25, 0.3) is 0 Å². The Hall–Kier alpha value is -4.26. The number of nitrogens with zero attached hydrogens (tertiary/aromatic N) is 1. The van der Waals surface area contributed by atoms with E-state index in [1.165, 1.54) is 16.5 Å². The zero-order chi connectivity index (χ0) is 27.3. The Morgan fingerprint density at radius 3 is 2.44 bits per heavy atom. The lowest BCUT2D eigenvalue weighted by atomic mass is 9.73. The molecule has 7 nitrogen and oxygen atoms in total. The summed E-state index contributed by atoms with van der Waals surface area (Å²) in [6.07, 6.45) is 1.82. The molecule has 3 aliphatic rings. The molecule has 198 valence electrons. The summed E-state index contributed by atoms with van der Waals surface area (Å²) in [5.41, 5.74) is 4.42. The smallest absolute Gasteiger partial charge is 0.338 e. The molecular weight excluding hydrogens is 492 g/mol. The van der Waals surface area contributed by atoms with Crippen molar-refractivity contribution in [1.82, 2.24) is 0 Å². The van der Waals surface area contributed by atoms with Gasteiger partial charge in [0.15, 0.2) is 6.61 Å². The van der Waals surface area contributed by atoms with Gasteiger partial charge in [-0.1, -0.05) is 48.5 Å². The minimum atomic E-state index is -0.698. The summed E-state index contributed by atoms with van der Waals surface area (Å²) < 4.78 is 5.25. The van der Waals surface area contributed by atoms with Crippen molar-refractivity contribution in [2.75, 3.05) is 16.8 Å². The number of nitrogens with one attached hydrogen (secondary N) is 1. The van der Waals surface area contributed by atoms with Gasteiger partial charge in [-0.15, -0.1) is 0 Å². The van der Waals surface area contributed by atoms with Crippen LogP contribution in [0.5, 0.6) is 0 Å². The molecular formula is C32H30N2O5. The highest BCUT2D eigenvalue weighted by Crippen LogP contribution is 2.61. The molecule has 3 amide bonds. The Bertz CT molecular complexity index is 1480. The minimum Gasteiger partial charge on any atom is -0.452 e. The molecule has 1 heterocycles. The van der Waals surface area contributed by atoms with Crippen LogP contribution < -0.4 is 10.2 Å². The molecule has 0 radical (unpaired) electrons. The van der Waals surface area contributed by atoms with Gasteiger partial charge < -0.3 is 10.1 Å². The van der Waals surface area contributed by atoms with E-state index in [2.05, 4.69) is 17.4 Å². The summed E-state index contributed by atoms with van der Waals surface area (Å²) >= 11 is 0. The molecule has 2 saturated carbocycles. The van der Waals surface area contributed by atoms with Crippen LogP contribution in [0.1, 0.15) is 45.8 Å². The molecule has 0 aromatic heterocycles. The van der Waals surface area contributed by atoms with E-state index in [4.69, 9.17) is 4.74 Å². The SMILES string of the molecule is Cc1cccc(NC(=O)COC(=O)c2cccc(N3C(=O)[C@@H]4[C@@H]5C[C@@H]([C@H]4C3=O)[C@H](c3ccccc3)C5)c2)c1C. The molecule has 3 aromatic carbocycles. The van der Waals surface area contributed by atoms with Crippen molar-refractivity contribution in [2.45, 2.75) is 32.6 Å². The van der Waals surface area contributed by atoms with Gasteiger partial charge in [-0.25, -0.2) is 4.79 Å². The second-order valence-corrected chi connectivity index (χ2v) is 10.9. The first-order valence-electron chi connectivity index (χ1n) is 13.4. The summed E-state index contributed by atoms with van der Waals surface area (Å²) in [6, 6.07) is 22.2. The predicted molar refractivity (Wildman–Crippen MR) is 146 cm³/mol. The van der Waals surface area contributed by atoms with E-state index in [0.717, 1.165) is 24.0 Å². The number of amides is 3. The first-order chi connectivity index (χ1) is 18.8. The fourth-order valence-corrected chi connectivity index (χ4v) is 6.86. The highest BCUT2D eigenvalue weighted by atomic mass is 16.5. The Labute approximate surface area is 227 Å². The Kier molecular flexibility index (Phi) is 6.29. The molecule has 3 fully saturated rings. The van der Waals surface area contributed by atoms with Crippen molar-refractivity contribution < 1.29 is 23.9 Å². The van der Waals surface area contributed by atoms with E-state index in [9.17, 15) is 19.2 Å². The number of ether oxygens (including phenoxy) is 1. The molecule has 1 N–H and O–H groups in total. The lowest BCUT2D eigenvalue weighted by Crippen LogP contribution is -2.33. The average Bonchev–Trinajstić information content (AvgIpc) is 3.61. The summed E-state index contributed by atoms with van der Waals surface area (Å²) in [7, 11) is 0. The molecule has 39 heavy (non-hydrogen) atoms. The number of hydrogen-bond donors (Lipinski definition) is 1. The van der Waals surface area contributed by atoms with Crippen molar-refractivity contribution in [3.8, 4) is 0 Å². The third kappa shape index (κ3) is 4.32. The first-order valence-corrected chi connectivity index (χ1v) is 13.4. The number of anilines is 2. The van der Waals surface area contributed by atoms with E-state index in [-0.39, 0.29) is 47.0 Å². The van der Waals surface area contributed by atoms with Gasteiger partial charge in [0, 0.05) is 5.69 Å². The van der Waals surface area contributed by atoms with Crippen LogP contribution in [0, 0.1) is 37.5 Å². The number of imide groups is 1. The normalized spacial score (nSPS) is 25.1. The van der Waals surface area contributed by atoms with Crippen LogP contribution in [-0.4, -0.2) is 30.3 Å². The summed E-state index contributed by atoms with van der Waals surface area (Å²) in [4.78, 5) is 53.5. The van der Waals surface area contributed by atoms with Gasteiger partial charge in [-0.05, 0) is 85.4 Å². The van der Waals surface area contributed by atoms with Crippen LogP contribution in [0.2, 0.25) is 0 Å². The maximum absolute atomic E-state index is 13.6. The number of hydrogen-bond acceptors (Lipinski definition) is 5. The zero-order valence-corrected chi connectivity index (χ0v) is 21.9. The number of aryl methyl sites for hydroxylation is 1. The van der Waals surface area contributed by atoms with Crippen LogP contribution in [0.4, 0.5) is 11.4 Å². The Morgan fingerprint density at radius 2 is 1.64 bits per heavy atom. The summed E-state index contributed by atoms with van der Waals surface area (Å²) in [5, 5.41) is 2.76. The minimum absolute atomic E-state index is 0.146. The van der Waals surface area contributed by atoms with Crippen molar-refractivity contribution in [3.63, 3.8) is 0 Å². The number of carbonyl (C=O) groups excluding carboxylic acids is 4. The molecule has 2 aliphatic carbocycles. The van der Waals surface area contributed by atoms with Gasteiger partial charge in [0.2, 0.25) is 11.8 Å². The third-order valence-corrected chi connectivity index (χ3v) is 8.80. The molecule has 7 heteroatoms. The lowest BCUT2D eigenvalue weighted by molar-refractivity contribution is -0.123. The van der Waals surface area contributed by atoms with Crippen molar-refractivity contribution >= 4 is 35.1 Å². The largest absolute Gasteiger partial charge is 0.452 e. The first kappa shape index (κ1) is 25.0. The topological polar surface area (TPSA) is 92.8 Å². The van der Waals surface area contributed by atoms with Crippen molar-refractivity contribution in [1.29, 1.82) is 0 Å². The van der Waals surface area contributed by atoms with Gasteiger partial charge in [-0.2, -0.15) is 0 Å². The molecule has 6 rings (SSSR count). The van der Waals surface area contributed by atoms with E-state index < -0.39 is 18.5 Å². The number of benzene rings is 3. The van der Waals surface area contributed by atoms with Gasteiger partial charge in [0.25, 0.3) is 5.91 Å². The summed E-state index contributed by atoms with van der Waals surface area (Å²) in [5.74, 6) is -1.52. The fourth-order valence-electron chi connectivity index (χ4n) is 6.86. The predicted octanol–water partition coefficient (Wildman–Crippen LogP) is 5.03. The second kappa shape index (κ2) is 9.80. The van der Waals surface area contributed by atoms with Crippen LogP contribution in [0.15, 0.2) is 72.8 Å². The standard InChI is InChI=1S/C32H30N2O5/c1-18-8-6-13-26(19(18)2)33-27(35)17-39-32(38)21-11-7-12-23(14-21)34-30(36)28-22-15-24(20-9-4-3-5-10-20)25(16-22)29(28)31(34)37/h3-14,22,24-25,28-29H,15-17H2,1-2H3,(H,33,35)/t22-,24-,25+,28+,29+/m0/s1. The van der Waals surface area contributed by atoms with Crippen LogP contribution in [-0.2, 0) is 19.1 Å². The number of esters is 1. The van der Waals surface area contributed by atoms with E-state index in [1.807, 2.05) is 44.2 Å². The van der Waals surface area contributed by atoms with E-state index >= 15 is 0 Å². The molecule has 1 aliphatic heterocycles. The highest BCUT2D eigenvalue weighted by molar-refractivity contribution is 6.23. The monoisotopic (exact) mass is 522 g/mol. The maximum Gasteiger partial charge on any atom is 0.338 e. The number of carbonyl (C=O) groups is 4. The summed E-state index contributed by atoms with van der Waals surface area (Å²) in [6.45, 7) is 3.41. The van der Waals surface area contributed by atoms with Gasteiger partial charge in [0.05, 0.1) is 23.1 Å². The lowest BCUT2D eigenvalue weighted by Gasteiger charge is -2.28.